The Labute approximate surface area is 181 Å². The molecule has 0 heterocycles. The lowest BCUT2D eigenvalue weighted by atomic mass is 9.95. The fourth-order valence-corrected chi connectivity index (χ4v) is 7.16. The zero-order valence-corrected chi connectivity index (χ0v) is 20.8. The number of benzene rings is 2. The normalized spacial score (nSPS) is 14.3. The van der Waals surface area contributed by atoms with E-state index in [0.717, 1.165) is 6.42 Å². The number of hydrogen-bond acceptors (Lipinski definition) is 0. The lowest BCUT2D eigenvalue weighted by molar-refractivity contribution is 0.708. The van der Waals surface area contributed by atoms with E-state index in [1.807, 2.05) is 0 Å². The van der Waals surface area contributed by atoms with Crippen LogP contribution in [0.1, 0.15) is 72.4 Å². The van der Waals surface area contributed by atoms with Gasteiger partial charge in [0.15, 0.2) is 0 Å². The molecule has 0 radical (unpaired) electrons. The first kappa shape index (κ1) is 21.8. The molecule has 0 aromatic heterocycles. The number of hydrogen-bond donors (Lipinski definition) is 0. The van der Waals surface area contributed by atoms with Gasteiger partial charge in [-0.3, -0.25) is 0 Å². The van der Waals surface area contributed by atoms with Crippen LogP contribution in [0.15, 0.2) is 52.8 Å². The minimum atomic E-state index is -0.448. The Hall–Kier alpha value is -1.86. The van der Waals surface area contributed by atoms with Gasteiger partial charge in [-0.05, 0) is 99.3 Å². The van der Waals surface area contributed by atoms with Crippen LogP contribution in [0.3, 0.4) is 0 Å². The molecule has 0 spiro atoms. The Kier molecular flexibility index (Phi) is 7.35. The zero-order chi connectivity index (χ0) is 21.0. The van der Waals surface area contributed by atoms with Gasteiger partial charge in [-0.25, -0.2) is 0 Å². The first-order valence-electron chi connectivity index (χ1n) is 11.4. The molecule has 2 aromatic carbocycles. The van der Waals surface area contributed by atoms with Crippen molar-refractivity contribution in [1.29, 1.82) is 0 Å². The van der Waals surface area contributed by atoms with E-state index in [1.165, 1.54) is 54.4 Å². The third kappa shape index (κ3) is 5.01. The van der Waals surface area contributed by atoms with Crippen molar-refractivity contribution in [3.05, 3.63) is 86.1 Å². The van der Waals surface area contributed by atoms with Crippen LogP contribution in [0.4, 0.5) is 0 Å². The molecule has 154 valence electrons. The fourth-order valence-electron chi connectivity index (χ4n) is 4.77. The highest BCUT2D eigenvalue weighted by Crippen LogP contribution is 2.31. The summed E-state index contributed by atoms with van der Waals surface area (Å²) in [4.78, 5) is 0. The fraction of sp³-hybridized carbons (Fsp3) is 0.429. The molecule has 0 N–H and O–H groups in total. The van der Waals surface area contributed by atoms with E-state index in [4.69, 9.17) is 0 Å². The van der Waals surface area contributed by atoms with Gasteiger partial charge in [0.05, 0.1) is 9.52 Å². The van der Waals surface area contributed by atoms with Crippen molar-refractivity contribution in [3.8, 4) is 0 Å². The number of unbranched alkanes of at least 4 members (excludes halogenated alkanes) is 2. The van der Waals surface area contributed by atoms with Crippen LogP contribution in [-0.2, 0) is 6.42 Å². The van der Waals surface area contributed by atoms with Gasteiger partial charge in [0, 0.05) is 0 Å². The van der Waals surface area contributed by atoms with Crippen molar-refractivity contribution < 1.29 is 0 Å². The molecule has 3 rings (SSSR count). The average molecular weight is 403 g/mol. The molecule has 0 atom stereocenters. The Balaban J connectivity index is 1.91. The summed E-state index contributed by atoms with van der Waals surface area (Å²) < 4.78 is 0. The monoisotopic (exact) mass is 402 g/mol. The van der Waals surface area contributed by atoms with Crippen molar-refractivity contribution in [2.24, 2.45) is 0 Å². The first-order valence-corrected chi connectivity index (χ1v) is 12.8. The summed E-state index contributed by atoms with van der Waals surface area (Å²) in [5.41, 5.74) is 12.4. The van der Waals surface area contributed by atoms with Gasteiger partial charge in [-0.15, -0.1) is 0 Å². The Morgan fingerprint density at radius 3 is 2.03 bits per heavy atom. The van der Waals surface area contributed by atoms with Crippen LogP contribution in [0.25, 0.3) is 0 Å². The van der Waals surface area contributed by atoms with Crippen molar-refractivity contribution >= 4 is 14.7 Å². The van der Waals surface area contributed by atoms with Crippen molar-refractivity contribution in [3.63, 3.8) is 0 Å². The minimum Gasteiger partial charge on any atom is -0.0751 e. The molecule has 1 aliphatic rings. The second kappa shape index (κ2) is 9.76. The van der Waals surface area contributed by atoms with Gasteiger partial charge in [-0.1, -0.05) is 72.1 Å². The largest absolute Gasteiger partial charge is 0.0839 e. The standard InChI is InChI=1S/C28H38Si/c1-7-8-10-15-25-17-26(16-24-13-11-9-12-14-24)27(18-25)29-28-22(5)20(3)19(2)21(4)23(28)6/h9,11-14,17H,7-8,10,15-16,18,29H2,1-6H3. The van der Waals surface area contributed by atoms with Gasteiger partial charge in [0.1, 0.15) is 0 Å². The molecule has 0 amide bonds. The van der Waals surface area contributed by atoms with Crippen LogP contribution in [-0.4, -0.2) is 9.52 Å². The molecule has 1 aliphatic carbocycles. The van der Waals surface area contributed by atoms with E-state index in [2.05, 4.69) is 78.0 Å². The SMILES string of the molecule is CCCCCC1=CC(Cc2ccccc2)=C([SiH2]c2c(C)c(C)c(C)c(C)c2C)C1. The molecule has 0 bridgehead atoms. The molecule has 1 heteroatoms. The Morgan fingerprint density at radius 2 is 1.41 bits per heavy atom. The number of rotatable bonds is 8. The van der Waals surface area contributed by atoms with Crippen LogP contribution >= 0.6 is 0 Å². The third-order valence-electron chi connectivity index (χ3n) is 7.16. The van der Waals surface area contributed by atoms with E-state index in [0.29, 0.717) is 0 Å². The topological polar surface area (TPSA) is 0 Å². The zero-order valence-electron chi connectivity index (χ0n) is 19.4. The smallest absolute Gasteiger partial charge is 0.0751 e. The Bertz CT molecular complexity index is 900. The summed E-state index contributed by atoms with van der Waals surface area (Å²) in [6.07, 6.45) is 10.2. The lowest BCUT2D eigenvalue weighted by Crippen LogP contribution is -2.26. The molecule has 0 aliphatic heterocycles. The van der Waals surface area contributed by atoms with E-state index in [9.17, 15) is 0 Å². The second-order valence-electron chi connectivity index (χ2n) is 9.01. The van der Waals surface area contributed by atoms with Crippen LogP contribution in [0, 0.1) is 34.6 Å². The third-order valence-corrected chi connectivity index (χ3v) is 9.70. The van der Waals surface area contributed by atoms with Crippen molar-refractivity contribution in [1.82, 2.24) is 0 Å². The van der Waals surface area contributed by atoms with Gasteiger partial charge < -0.3 is 0 Å². The molecular formula is C28H38Si. The predicted octanol–water partition coefficient (Wildman–Crippen LogP) is 6.43. The van der Waals surface area contributed by atoms with Gasteiger partial charge >= 0.3 is 0 Å². The number of allylic oxidation sites excluding steroid dienone is 4. The molecule has 2 aromatic rings. The maximum absolute atomic E-state index is 2.57. The maximum Gasteiger partial charge on any atom is 0.0839 e. The van der Waals surface area contributed by atoms with Gasteiger partial charge in [0.2, 0.25) is 0 Å². The summed E-state index contributed by atoms with van der Waals surface area (Å²) in [6, 6.07) is 11.0. The summed E-state index contributed by atoms with van der Waals surface area (Å²) >= 11 is 0. The predicted molar refractivity (Wildman–Crippen MR) is 132 cm³/mol. The van der Waals surface area contributed by atoms with Gasteiger partial charge in [0.25, 0.3) is 0 Å². The summed E-state index contributed by atoms with van der Waals surface area (Å²) in [6.45, 7) is 13.9. The summed E-state index contributed by atoms with van der Waals surface area (Å²) in [5.74, 6) is 0. The molecular weight excluding hydrogens is 364 g/mol. The maximum atomic E-state index is 2.57. The quantitative estimate of drug-likeness (QED) is 0.352. The molecule has 0 nitrogen and oxygen atoms in total. The van der Waals surface area contributed by atoms with Gasteiger partial charge in [-0.2, -0.15) is 0 Å². The van der Waals surface area contributed by atoms with E-state index < -0.39 is 9.52 Å². The first-order chi connectivity index (χ1) is 13.9. The highest BCUT2D eigenvalue weighted by atomic mass is 28.2. The highest BCUT2D eigenvalue weighted by molar-refractivity contribution is 6.62. The van der Waals surface area contributed by atoms with E-state index >= 15 is 0 Å². The molecule has 0 saturated carbocycles. The lowest BCUT2D eigenvalue weighted by Gasteiger charge is -2.20. The van der Waals surface area contributed by atoms with Crippen molar-refractivity contribution in [2.75, 3.05) is 0 Å². The summed E-state index contributed by atoms with van der Waals surface area (Å²) in [7, 11) is -0.448. The highest BCUT2D eigenvalue weighted by Gasteiger charge is 2.20. The summed E-state index contributed by atoms with van der Waals surface area (Å²) in [5, 5.41) is 3.49. The average Bonchev–Trinajstić information content (AvgIpc) is 3.10. The molecule has 0 unspecified atom stereocenters. The van der Waals surface area contributed by atoms with Crippen LogP contribution < -0.4 is 5.19 Å². The molecule has 29 heavy (non-hydrogen) atoms. The molecule has 0 saturated heterocycles. The van der Waals surface area contributed by atoms with E-state index in [-0.39, 0.29) is 0 Å². The Morgan fingerprint density at radius 1 is 0.793 bits per heavy atom. The molecule has 0 fully saturated rings. The van der Waals surface area contributed by atoms with Crippen LogP contribution in [0.5, 0.6) is 0 Å². The second-order valence-corrected chi connectivity index (χ2v) is 10.9. The van der Waals surface area contributed by atoms with Crippen LogP contribution in [0.2, 0.25) is 0 Å². The van der Waals surface area contributed by atoms with Crippen molar-refractivity contribution in [2.45, 2.75) is 80.1 Å². The van der Waals surface area contributed by atoms with E-state index in [1.54, 1.807) is 32.7 Å². The minimum absolute atomic E-state index is 0.448.